The van der Waals surface area contributed by atoms with Crippen molar-refractivity contribution in [2.45, 2.75) is 19.0 Å². The summed E-state index contributed by atoms with van der Waals surface area (Å²) >= 11 is 0. The predicted octanol–water partition coefficient (Wildman–Crippen LogP) is 4.16. The number of hydrogen-bond acceptors (Lipinski definition) is 3. The first-order valence-corrected chi connectivity index (χ1v) is 8.03. The quantitative estimate of drug-likeness (QED) is 0.720. The number of H-pyrrole nitrogens is 1. The van der Waals surface area contributed by atoms with Gasteiger partial charge < -0.3 is 15.0 Å². The molecule has 0 unspecified atom stereocenters. The molecule has 0 fully saturated rings. The summed E-state index contributed by atoms with van der Waals surface area (Å²) in [6.07, 6.45) is -1.14. The van der Waals surface area contributed by atoms with Crippen LogP contribution < -0.4 is 10.1 Å². The lowest BCUT2D eigenvalue weighted by Crippen LogP contribution is -2.15. The zero-order valence-electron chi connectivity index (χ0n) is 13.5. The Labute approximate surface area is 146 Å². The molecular formula is C18H14F3N3O2. The molecular weight excluding hydrogens is 347 g/mol. The van der Waals surface area contributed by atoms with Crippen molar-refractivity contribution in [1.82, 2.24) is 9.97 Å². The number of carbonyl (C=O) groups is 1. The van der Waals surface area contributed by atoms with Gasteiger partial charge in [-0.1, -0.05) is 6.07 Å². The molecule has 5 nitrogen and oxygen atoms in total. The third kappa shape index (κ3) is 3.10. The smallest absolute Gasteiger partial charge is 0.416 e. The van der Waals surface area contributed by atoms with Crippen LogP contribution in [0.5, 0.6) is 5.75 Å². The molecule has 0 spiro atoms. The van der Waals surface area contributed by atoms with Crippen LogP contribution in [0.1, 0.15) is 28.0 Å². The largest absolute Gasteiger partial charge is 0.492 e. The van der Waals surface area contributed by atoms with Crippen molar-refractivity contribution in [2.24, 2.45) is 0 Å². The first kappa shape index (κ1) is 16.4. The molecule has 8 heteroatoms. The van der Waals surface area contributed by atoms with Gasteiger partial charge in [-0.2, -0.15) is 13.2 Å². The van der Waals surface area contributed by atoms with Crippen LogP contribution in [0.2, 0.25) is 0 Å². The number of aromatic nitrogens is 2. The fourth-order valence-corrected chi connectivity index (χ4v) is 2.93. The second kappa shape index (κ2) is 6.05. The van der Waals surface area contributed by atoms with Crippen LogP contribution >= 0.6 is 0 Å². The first-order chi connectivity index (χ1) is 12.4. The van der Waals surface area contributed by atoms with Gasteiger partial charge in [0.2, 0.25) is 0 Å². The number of benzene rings is 1. The number of pyridine rings is 1. The van der Waals surface area contributed by atoms with Crippen molar-refractivity contribution in [3.8, 4) is 5.75 Å². The molecule has 3 aromatic rings. The summed E-state index contributed by atoms with van der Waals surface area (Å²) in [6, 6.07) is 6.56. The number of nitrogens with zero attached hydrogens (tertiary/aromatic N) is 1. The van der Waals surface area contributed by atoms with Gasteiger partial charge >= 0.3 is 6.18 Å². The highest BCUT2D eigenvalue weighted by Gasteiger charge is 2.30. The van der Waals surface area contributed by atoms with E-state index in [9.17, 15) is 18.0 Å². The van der Waals surface area contributed by atoms with Gasteiger partial charge in [0.15, 0.2) is 0 Å². The zero-order valence-corrected chi connectivity index (χ0v) is 13.5. The van der Waals surface area contributed by atoms with Gasteiger partial charge in [-0.05, 0) is 42.7 Å². The number of rotatable bonds is 2. The normalized spacial score (nSPS) is 14.0. The van der Waals surface area contributed by atoms with E-state index in [4.69, 9.17) is 4.74 Å². The van der Waals surface area contributed by atoms with Crippen molar-refractivity contribution < 1.29 is 22.7 Å². The molecule has 3 heterocycles. The highest BCUT2D eigenvalue weighted by molar-refractivity contribution is 6.05. The predicted molar refractivity (Wildman–Crippen MR) is 89.3 cm³/mol. The van der Waals surface area contributed by atoms with Crippen LogP contribution in [0, 0.1) is 0 Å². The number of nitrogens with one attached hydrogen (secondary N) is 2. The Morgan fingerprint density at radius 3 is 2.88 bits per heavy atom. The Morgan fingerprint density at radius 1 is 1.23 bits per heavy atom. The number of fused-ring (bicyclic) bond motifs is 2. The van der Waals surface area contributed by atoms with Crippen molar-refractivity contribution in [2.75, 3.05) is 11.9 Å². The maximum atomic E-state index is 12.8. The monoisotopic (exact) mass is 361 g/mol. The third-order valence-corrected chi connectivity index (χ3v) is 4.23. The molecule has 4 rings (SSSR count). The van der Waals surface area contributed by atoms with Gasteiger partial charge in [-0.3, -0.25) is 4.79 Å². The van der Waals surface area contributed by atoms with E-state index in [-0.39, 0.29) is 11.2 Å². The van der Waals surface area contributed by atoms with Gasteiger partial charge in [-0.15, -0.1) is 0 Å². The molecule has 0 radical (unpaired) electrons. The lowest BCUT2D eigenvalue weighted by Gasteiger charge is -2.17. The molecule has 0 saturated carbocycles. The Balaban J connectivity index is 1.58. The van der Waals surface area contributed by atoms with Gasteiger partial charge in [0.25, 0.3) is 5.91 Å². The number of ether oxygens (including phenoxy) is 1. The molecule has 1 aliphatic heterocycles. The minimum absolute atomic E-state index is 0.162. The van der Waals surface area contributed by atoms with Gasteiger partial charge in [-0.25, -0.2) is 4.98 Å². The van der Waals surface area contributed by atoms with E-state index in [1.807, 2.05) is 0 Å². The van der Waals surface area contributed by atoms with Crippen LogP contribution in [0.3, 0.4) is 0 Å². The average molecular weight is 361 g/mol. The fraction of sp³-hybridized carbons (Fsp3) is 0.222. The van der Waals surface area contributed by atoms with Crippen LogP contribution in [-0.2, 0) is 12.6 Å². The second-order valence-corrected chi connectivity index (χ2v) is 6.07. The molecule has 2 aromatic heterocycles. The molecule has 0 atom stereocenters. The Kier molecular flexibility index (Phi) is 3.82. The lowest BCUT2D eigenvalue weighted by molar-refractivity contribution is -0.137. The van der Waals surface area contributed by atoms with Crippen molar-refractivity contribution in [3.05, 3.63) is 53.3 Å². The van der Waals surface area contributed by atoms with Crippen LogP contribution in [0.25, 0.3) is 10.9 Å². The number of amides is 1. The highest BCUT2D eigenvalue weighted by atomic mass is 19.4. The molecule has 0 aliphatic carbocycles. The summed E-state index contributed by atoms with van der Waals surface area (Å²) in [7, 11) is 0. The number of alkyl halides is 3. The molecule has 0 saturated heterocycles. The van der Waals surface area contributed by atoms with Gasteiger partial charge in [0.1, 0.15) is 17.3 Å². The van der Waals surface area contributed by atoms with Crippen molar-refractivity contribution in [3.63, 3.8) is 0 Å². The van der Waals surface area contributed by atoms with E-state index in [0.717, 1.165) is 30.5 Å². The molecule has 1 aromatic carbocycles. The summed E-state index contributed by atoms with van der Waals surface area (Å²) in [5.74, 6) is 0.604. The fourth-order valence-electron chi connectivity index (χ4n) is 2.93. The van der Waals surface area contributed by atoms with E-state index < -0.39 is 17.6 Å². The molecule has 26 heavy (non-hydrogen) atoms. The van der Waals surface area contributed by atoms with Crippen LogP contribution in [0.15, 0.2) is 36.5 Å². The molecule has 1 aliphatic rings. The SMILES string of the molecule is O=C(Nc1cc2c(cn1)OCCC2)c1cc2ccc(C(F)(F)F)cc2[nH]1. The summed E-state index contributed by atoms with van der Waals surface area (Å²) in [4.78, 5) is 19.3. The van der Waals surface area contributed by atoms with E-state index in [1.165, 1.54) is 12.1 Å². The first-order valence-electron chi connectivity index (χ1n) is 8.03. The summed E-state index contributed by atoms with van der Waals surface area (Å²) < 4.78 is 43.9. The van der Waals surface area contributed by atoms with Gasteiger partial charge in [0, 0.05) is 10.9 Å². The summed E-state index contributed by atoms with van der Waals surface area (Å²) in [6.45, 7) is 0.648. The van der Waals surface area contributed by atoms with Crippen LogP contribution in [0.4, 0.5) is 19.0 Å². The van der Waals surface area contributed by atoms with E-state index in [1.54, 1.807) is 12.3 Å². The van der Waals surface area contributed by atoms with E-state index >= 15 is 0 Å². The Morgan fingerprint density at radius 2 is 2.08 bits per heavy atom. The molecule has 1 amide bonds. The maximum absolute atomic E-state index is 12.8. The Hall–Kier alpha value is -3.03. The maximum Gasteiger partial charge on any atom is 0.416 e. The third-order valence-electron chi connectivity index (χ3n) is 4.23. The summed E-state index contributed by atoms with van der Waals surface area (Å²) in [5, 5.41) is 3.18. The standard InChI is InChI=1S/C18H14F3N3O2/c19-18(20,21)12-4-3-10-6-14(23-13(10)8-12)17(25)24-16-7-11-2-1-5-26-15(11)9-22-16/h3-4,6-9,23H,1-2,5H2,(H,22,24,25). The molecule has 0 bridgehead atoms. The van der Waals surface area contributed by atoms with Crippen molar-refractivity contribution >= 4 is 22.6 Å². The average Bonchev–Trinajstić information content (AvgIpc) is 3.04. The number of aromatic amines is 1. The highest BCUT2D eigenvalue weighted by Crippen LogP contribution is 2.31. The zero-order chi connectivity index (χ0) is 18.3. The van der Waals surface area contributed by atoms with Gasteiger partial charge in [0.05, 0.1) is 18.4 Å². The second-order valence-electron chi connectivity index (χ2n) is 6.07. The lowest BCUT2D eigenvalue weighted by atomic mass is 10.1. The van der Waals surface area contributed by atoms with Crippen LogP contribution in [-0.4, -0.2) is 22.5 Å². The number of hydrogen-bond donors (Lipinski definition) is 2. The number of anilines is 1. The molecule has 2 N–H and O–H groups in total. The Bertz CT molecular complexity index is 995. The topological polar surface area (TPSA) is 67.0 Å². The number of carbonyl (C=O) groups excluding carboxylic acids is 1. The number of halogens is 3. The minimum atomic E-state index is -4.43. The molecule has 134 valence electrons. The minimum Gasteiger partial charge on any atom is -0.492 e. The van der Waals surface area contributed by atoms with E-state index in [0.29, 0.717) is 23.6 Å². The number of aryl methyl sites for hydroxylation is 1. The summed E-state index contributed by atoms with van der Waals surface area (Å²) in [5.41, 5.74) is 0.607. The van der Waals surface area contributed by atoms with Crippen molar-refractivity contribution in [1.29, 1.82) is 0 Å². The van der Waals surface area contributed by atoms with E-state index in [2.05, 4.69) is 15.3 Å².